The van der Waals surface area contributed by atoms with E-state index in [1.165, 1.54) is 0 Å². The minimum atomic E-state index is -2.92. The van der Waals surface area contributed by atoms with Gasteiger partial charge in [0.2, 0.25) is 5.82 Å². The van der Waals surface area contributed by atoms with Crippen LogP contribution in [0.15, 0.2) is 50.4 Å². The van der Waals surface area contributed by atoms with E-state index in [1.54, 1.807) is 29.2 Å². The lowest BCUT2D eigenvalue weighted by Crippen LogP contribution is -2.51. The highest BCUT2D eigenvalue weighted by Crippen LogP contribution is 2.57. The molecule has 0 N–H and O–H groups in total. The predicted octanol–water partition coefficient (Wildman–Crippen LogP) is 6.40. The van der Waals surface area contributed by atoms with E-state index in [9.17, 15) is 26.7 Å². The summed E-state index contributed by atoms with van der Waals surface area (Å²) in [4.78, 5) is 22.7. The molecule has 3 saturated carbocycles. The lowest BCUT2D eigenvalue weighted by Gasteiger charge is -2.53. The second-order valence-electron chi connectivity index (χ2n) is 10.4. The highest BCUT2D eigenvalue weighted by Gasteiger charge is 2.52. The van der Waals surface area contributed by atoms with Gasteiger partial charge in [-0.05, 0) is 56.1 Å². The van der Waals surface area contributed by atoms with Gasteiger partial charge in [0.05, 0.1) is 5.57 Å². The Bertz CT molecular complexity index is 1470. The number of anilines is 1. The smallest absolute Gasteiger partial charge is 0.315 e. The van der Waals surface area contributed by atoms with E-state index in [0.717, 1.165) is 0 Å². The Morgan fingerprint density at radius 1 is 0.974 bits per heavy atom. The molecule has 39 heavy (non-hydrogen) atoms. The number of nitrogens with zero attached hydrogens (tertiary/aromatic N) is 5. The quantitative estimate of drug-likeness (QED) is 0.238. The maximum absolute atomic E-state index is 13.5. The Hall–Kier alpha value is -3.86. The van der Waals surface area contributed by atoms with E-state index < -0.39 is 41.8 Å². The molecule has 8 nitrogen and oxygen atoms in total. The number of hydrogen-bond acceptors (Lipinski definition) is 7. The summed E-state index contributed by atoms with van der Waals surface area (Å²) in [6, 6.07) is 6.57. The van der Waals surface area contributed by atoms with Gasteiger partial charge in [-0.1, -0.05) is 28.2 Å². The lowest BCUT2D eigenvalue weighted by molar-refractivity contribution is -0.116. The van der Waals surface area contributed by atoms with Crippen LogP contribution in [0.2, 0.25) is 0 Å². The monoisotopic (exact) mass is 547 g/mol. The number of carbonyl (C=O) groups is 1. The lowest BCUT2D eigenvalue weighted by atomic mass is 9.53. The molecule has 0 atom stereocenters. The molecule has 0 saturated heterocycles. The molecule has 1 amide bonds. The van der Waals surface area contributed by atoms with Gasteiger partial charge in [0, 0.05) is 29.6 Å². The van der Waals surface area contributed by atoms with E-state index in [0.29, 0.717) is 62.1 Å². The molecule has 4 aliphatic carbocycles. The molecule has 1 aromatic carbocycles. The van der Waals surface area contributed by atoms with Gasteiger partial charge in [0.1, 0.15) is 5.83 Å². The van der Waals surface area contributed by atoms with E-state index in [4.69, 9.17) is 4.52 Å². The zero-order chi connectivity index (χ0) is 27.4. The summed E-state index contributed by atoms with van der Waals surface area (Å²) < 4.78 is 74.8. The standard InChI is InChI=1S/C26H22F5N5O3/c27-16-10-15(11-16)23(37)36(17-3-1-2-14(12-17)20-32-21(18(28)29)38-34-20)13-25-4-7-26(8-5-25,9-6-25)24-33-22(19(30)31)39-35-24/h1-3,12,18-19H,4-10,13H2. The molecule has 3 aromatic rings. The van der Waals surface area contributed by atoms with Crippen LogP contribution in [-0.2, 0) is 10.2 Å². The molecule has 3 fully saturated rings. The van der Waals surface area contributed by atoms with E-state index >= 15 is 0 Å². The van der Waals surface area contributed by atoms with Gasteiger partial charge < -0.3 is 13.9 Å². The minimum absolute atomic E-state index is 0.0464. The number of alkyl halides is 4. The molecule has 0 unspecified atom stereocenters. The summed E-state index contributed by atoms with van der Waals surface area (Å²) in [5, 5.41) is 7.46. The van der Waals surface area contributed by atoms with Gasteiger partial charge in [-0.15, -0.1) is 0 Å². The average Bonchev–Trinajstić information content (AvgIpc) is 3.62. The van der Waals surface area contributed by atoms with Crippen molar-refractivity contribution in [3.8, 4) is 11.4 Å². The fourth-order valence-corrected chi connectivity index (χ4v) is 5.84. The summed E-state index contributed by atoms with van der Waals surface area (Å²) in [6.07, 6.45) is -1.84. The summed E-state index contributed by atoms with van der Waals surface area (Å²) >= 11 is 0. The Morgan fingerprint density at radius 2 is 1.62 bits per heavy atom. The molecule has 0 aliphatic heterocycles. The van der Waals surface area contributed by atoms with E-state index in [1.807, 2.05) is 0 Å². The normalized spacial score (nSPS) is 24.1. The van der Waals surface area contributed by atoms with Crippen LogP contribution in [0, 0.1) is 5.41 Å². The second-order valence-corrected chi connectivity index (χ2v) is 10.4. The number of halogens is 5. The number of benzene rings is 1. The van der Waals surface area contributed by atoms with Crippen LogP contribution in [0.5, 0.6) is 0 Å². The molecule has 7 rings (SSSR count). The van der Waals surface area contributed by atoms with Crippen molar-refractivity contribution >= 4 is 11.6 Å². The summed E-state index contributed by atoms with van der Waals surface area (Å²) in [6.45, 7) is 0.321. The first-order chi connectivity index (χ1) is 18.7. The maximum Gasteiger partial charge on any atom is 0.315 e. The van der Waals surface area contributed by atoms with Crippen molar-refractivity contribution in [2.45, 2.75) is 63.2 Å². The number of carbonyl (C=O) groups excluding carboxylic acids is 1. The van der Waals surface area contributed by atoms with Crippen molar-refractivity contribution in [2.75, 3.05) is 11.4 Å². The fraction of sp³-hybridized carbons (Fsp3) is 0.462. The Kier molecular flexibility index (Phi) is 6.13. The molecule has 2 aromatic heterocycles. The molecule has 2 bridgehead atoms. The van der Waals surface area contributed by atoms with Gasteiger partial charge >= 0.3 is 12.9 Å². The highest BCUT2D eigenvalue weighted by molar-refractivity contribution is 6.07. The summed E-state index contributed by atoms with van der Waals surface area (Å²) in [7, 11) is 0. The molecule has 2 heterocycles. The number of amides is 1. The van der Waals surface area contributed by atoms with Crippen LogP contribution in [0.1, 0.15) is 75.4 Å². The van der Waals surface area contributed by atoms with Crippen LogP contribution in [-0.4, -0.2) is 32.7 Å². The van der Waals surface area contributed by atoms with Crippen molar-refractivity contribution in [1.29, 1.82) is 0 Å². The first-order valence-corrected chi connectivity index (χ1v) is 12.5. The Labute approximate surface area is 218 Å². The largest absolute Gasteiger partial charge is 0.333 e. The van der Waals surface area contributed by atoms with Crippen molar-refractivity contribution in [3.05, 3.63) is 59.0 Å². The summed E-state index contributed by atoms with van der Waals surface area (Å²) in [5.74, 6) is -2.14. The van der Waals surface area contributed by atoms with Crippen molar-refractivity contribution in [2.24, 2.45) is 5.41 Å². The van der Waals surface area contributed by atoms with Crippen LogP contribution in [0.3, 0.4) is 0 Å². The SMILES string of the molecule is O=C(C1=C=C(F)C1)N(CC12CCC(c3noc(C(F)F)n3)(CC1)CC2)c1cccc(-c2noc(C(F)F)n2)c1. The molecule has 13 heteroatoms. The van der Waals surface area contributed by atoms with Gasteiger partial charge in [-0.3, -0.25) is 4.79 Å². The first-order valence-electron chi connectivity index (χ1n) is 12.5. The van der Waals surface area contributed by atoms with Crippen LogP contribution < -0.4 is 4.90 Å². The molecule has 0 radical (unpaired) electrons. The number of aromatic nitrogens is 4. The van der Waals surface area contributed by atoms with Crippen LogP contribution >= 0.6 is 0 Å². The zero-order valence-corrected chi connectivity index (χ0v) is 20.5. The van der Waals surface area contributed by atoms with Gasteiger partial charge in [0.25, 0.3) is 17.7 Å². The molecular formula is C26H22F5N5O3. The van der Waals surface area contributed by atoms with E-state index in [2.05, 4.69) is 30.5 Å². The third-order valence-electron chi connectivity index (χ3n) is 8.16. The first kappa shape index (κ1) is 25.4. The van der Waals surface area contributed by atoms with Crippen molar-refractivity contribution < 1.29 is 35.8 Å². The topological polar surface area (TPSA) is 98.2 Å². The van der Waals surface area contributed by atoms with Crippen LogP contribution in [0.25, 0.3) is 11.4 Å². The number of fused-ring (bicyclic) bond motifs is 3. The fourth-order valence-electron chi connectivity index (χ4n) is 5.84. The van der Waals surface area contributed by atoms with Gasteiger partial charge in [0.15, 0.2) is 5.82 Å². The van der Waals surface area contributed by atoms with Gasteiger partial charge in [-0.25, -0.2) is 4.39 Å². The Balaban J connectivity index is 1.27. The summed E-state index contributed by atoms with van der Waals surface area (Å²) in [5.41, 5.74) is 2.77. The maximum atomic E-state index is 13.5. The van der Waals surface area contributed by atoms with Gasteiger partial charge in [-0.2, -0.15) is 27.5 Å². The number of hydrogen-bond donors (Lipinski definition) is 0. The predicted molar refractivity (Wildman–Crippen MR) is 124 cm³/mol. The third-order valence-corrected chi connectivity index (χ3v) is 8.16. The molecule has 204 valence electrons. The molecule has 4 aliphatic rings. The second kappa shape index (κ2) is 9.41. The van der Waals surface area contributed by atoms with E-state index in [-0.39, 0.29) is 23.2 Å². The molecule has 0 spiro atoms. The zero-order valence-electron chi connectivity index (χ0n) is 20.5. The van der Waals surface area contributed by atoms with Crippen LogP contribution in [0.4, 0.5) is 27.6 Å². The van der Waals surface area contributed by atoms with Crippen molar-refractivity contribution in [3.63, 3.8) is 0 Å². The minimum Gasteiger partial charge on any atom is -0.333 e. The third kappa shape index (κ3) is 4.54. The average molecular weight is 547 g/mol. The Morgan fingerprint density at radius 3 is 2.21 bits per heavy atom. The number of rotatable bonds is 8. The highest BCUT2D eigenvalue weighted by atomic mass is 19.3. The molecular weight excluding hydrogens is 525 g/mol. The van der Waals surface area contributed by atoms with Crippen molar-refractivity contribution in [1.82, 2.24) is 20.3 Å².